The van der Waals surface area contributed by atoms with Crippen LogP contribution in [-0.2, 0) is 16.0 Å². The van der Waals surface area contributed by atoms with Crippen LogP contribution in [0.25, 0.3) is 0 Å². The fraction of sp³-hybridized carbons (Fsp3) is 0.519. The van der Waals surface area contributed by atoms with Crippen molar-refractivity contribution < 1.29 is 9.59 Å². The number of pyridine rings is 1. The first kappa shape index (κ1) is 21.9. The van der Waals surface area contributed by atoms with E-state index in [9.17, 15) is 9.59 Å². The van der Waals surface area contributed by atoms with Gasteiger partial charge in [-0.1, -0.05) is 36.4 Å². The Bertz CT molecular complexity index is 949. The van der Waals surface area contributed by atoms with E-state index in [2.05, 4.69) is 39.0 Å². The molecule has 6 heteroatoms. The number of carbonyl (C=O) groups is 2. The zero-order valence-corrected chi connectivity index (χ0v) is 19.4. The van der Waals surface area contributed by atoms with Gasteiger partial charge in [-0.3, -0.25) is 9.59 Å². The van der Waals surface area contributed by atoms with E-state index in [-0.39, 0.29) is 17.2 Å². The average Bonchev–Trinajstić information content (AvgIpc) is 3.58. The number of aromatic nitrogens is 1. The second kappa shape index (κ2) is 9.54. The van der Waals surface area contributed by atoms with E-state index < -0.39 is 0 Å². The third kappa shape index (κ3) is 4.90. The number of aryl methyl sites for hydroxylation is 1. The fourth-order valence-electron chi connectivity index (χ4n) is 5.61. The number of nitrogens with zero attached hydrogens (tertiary/aromatic N) is 4. The molecule has 0 bridgehead atoms. The van der Waals surface area contributed by atoms with Crippen molar-refractivity contribution in [2.24, 2.45) is 11.3 Å². The average molecular weight is 447 g/mol. The van der Waals surface area contributed by atoms with E-state index in [0.29, 0.717) is 12.3 Å². The molecule has 0 radical (unpaired) electrons. The van der Waals surface area contributed by atoms with E-state index in [1.165, 1.54) is 5.56 Å². The summed E-state index contributed by atoms with van der Waals surface area (Å²) in [6, 6.07) is 16.3. The second-order valence-corrected chi connectivity index (χ2v) is 9.84. The van der Waals surface area contributed by atoms with Crippen LogP contribution in [0.2, 0.25) is 0 Å². The van der Waals surface area contributed by atoms with E-state index in [0.717, 1.165) is 77.2 Å². The van der Waals surface area contributed by atoms with Gasteiger partial charge in [-0.05, 0) is 55.2 Å². The number of benzene rings is 1. The van der Waals surface area contributed by atoms with Crippen LogP contribution in [0.1, 0.15) is 37.7 Å². The van der Waals surface area contributed by atoms with Gasteiger partial charge in [-0.2, -0.15) is 0 Å². The van der Waals surface area contributed by atoms with E-state index in [4.69, 9.17) is 0 Å². The van der Waals surface area contributed by atoms with Gasteiger partial charge in [0.25, 0.3) is 0 Å². The van der Waals surface area contributed by atoms with Crippen LogP contribution in [0.4, 0.5) is 5.82 Å². The molecule has 0 N–H and O–H groups in total. The predicted molar refractivity (Wildman–Crippen MR) is 129 cm³/mol. The number of anilines is 1. The van der Waals surface area contributed by atoms with Crippen molar-refractivity contribution in [2.45, 2.75) is 38.5 Å². The van der Waals surface area contributed by atoms with Gasteiger partial charge < -0.3 is 14.7 Å². The number of likely N-dealkylation sites (tertiary alicyclic amines) is 1. The van der Waals surface area contributed by atoms with Gasteiger partial charge in [0.1, 0.15) is 5.82 Å². The van der Waals surface area contributed by atoms with E-state index >= 15 is 0 Å². The molecule has 1 saturated carbocycles. The van der Waals surface area contributed by atoms with Crippen molar-refractivity contribution in [2.75, 3.05) is 44.2 Å². The molecule has 3 fully saturated rings. The summed E-state index contributed by atoms with van der Waals surface area (Å²) in [5.74, 6) is 1.76. The first-order valence-electron chi connectivity index (χ1n) is 12.4. The van der Waals surface area contributed by atoms with Crippen molar-refractivity contribution in [3.05, 3.63) is 60.3 Å². The number of rotatable bonds is 6. The molecule has 6 nitrogen and oxygen atoms in total. The highest BCUT2D eigenvalue weighted by atomic mass is 16.2. The predicted octanol–water partition coefficient (Wildman–Crippen LogP) is 3.38. The highest BCUT2D eigenvalue weighted by Gasteiger charge is 2.59. The smallest absolute Gasteiger partial charge is 0.226 e. The number of amides is 2. The van der Waals surface area contributed by atoms with Crippen LogP contribution in [0.15, 0.2) is 54.7 Å². The number of carbonyl (C=O) groups excluding carboxylic acids is 2. The van der Waals surface area contributed by atoms with Crippen LogP contribution in [0.3, 0.4) is 0 Å². The summed E-state index contributed by atoms with van der Waals surface area (Å²) in [5, 5.41) is 0. The van der Waals surface area contributed by atoms with E-state index in [1.807, 2.05) is 35.4 Å². The van der Waals surface area contributed by atoms with Crippen molar-refractivity contribution in [3.8, 4) is 0 Å². The monoisotopic (exact) mass is 446 g/mol. The standard InChI is InChI=1S/C27H34N4O2/c32-25(11-6-9-22-7-2-1-3-8-22)30-15-12-27(13-16-30)21-23(27)26(33)31-19-17-29(18-20-31)24-10-4-5-14-28-24/h1-5,7-8,10,14,23H,6,9,11-13,15-21H2/t23-/m0/s1. The maximum absolute atomic E-state index is 13.2. The summed E-state index contributed by atoms with van der Waals surface area (Å²) >= 11 is 0. The van der Waals surface area contributed by atoms with Crippen molar-refractivity contribution in [1.82, 2.24) is 14.8 Å². The summed E-state index contributed by atoms with van der Waals surface area (Å²) in [6.07, 6.45) is 7.24. The van der Waals surface area contributed by atoms with Gasteiger partial charge >= 0.3 is 0 Å². The molecule has 174 valence electrons. The first-order valence-corrected chi connectivity index (χ1v) is 12.4. The van der Waals surface area contributed by atoms with Crippen molar-refractivity contribution in [1.29, 1.82) is 0 Å². The van der Waals surface area contributed by atoms with Gasteiger partial charge in [-0.25, -0.2) is 4.98 Å². The molecule has 1 spiro atoms. The van der Waals surface area contributed by atoms with Gasteiger partial charge in [-0.15, -0.1) is 0 Å². The molecular formula is C27H34N4O2. The Balaban J connectivity index is 1.05. The zero-order valence-electron chi connectivity index (χ0n) is 19.4. The first-order chi connectivity index (χ1) is 16.1. The topological polar surface area (TPSA) is 56.8 Å². The van der Waals surface area contributed by atoms with Gasteiger partial charge in [0.2, 0.25) is 11.8 Å². The molecule has 33 heavy (non-hydrogen) atoms. The summed E-state index contributed by atoms with van der Waals surface area (Å²) in [4.78, 5) is 36.6. The summed E-state index contributed by atoms with van der Waals surface area (Å²) in [7, 11) is 0. The lowest BCUT2D eigenvalue weighted by Crippen LogP contribution is -2.50. The Morgan fingerprint density at radius 2 is 1.61 bits per heavy atom. The van der Waals surface area contributed by atoms with Crippen molar-refractivity contribution >= 4 is 17.6 Å². The maximum atomic E-state index is 13.2. The van der Waals surface area contributed by atoms with Crippen LogP contribution < -0.4 is 4.90 Å². The number of piperidine rings is 1. The van der Waals surface area contributed by atoms with Crippen LogP contribution in [0.5, 0.6) is 0 Å². The third-order valence-electron chi connectivity index (χ3n) is 7.86. The van der Waals surface area contributed by atoms with Crippen LogP contribution >= 0.6 is 0 Å². The SMILES string of the molecule is O=C(CCCc1ccccc1)N1CCC2(CC1)C[C@H]2C(=O)N1CCN(c2ccccn2)CC1. The quantitative estimate of drug-likeness (QED) is 0.683. The zero-order chi connectivity index (χ0) is 22.7. The highest BCUT2D eigenvalue weighted by molar-refractivity contribution is 5.83. The van der Waals surface area contributed by atoms with Crippen LogP contribution in [0, 0.1) is 11.3 Å². The Kier molecular flexibility index (Phi) is 6.34. The molecule has 2 amide bonds. The lowest BCUT2D eigenvalue weighted by molar-refractivity contribution is -0.134. The van der Waals surface area contributed by atoms with Crippen molar-refractivity contribution in [3.63, 3.8) is 0 Å². The second-order valence-electron chi connectivity index (χ2n) is 9.84. The Morgan fingerprint density at radius 3 is 2.30 bits per heavy atom. The molecule has 3 heterocycles. The largest absolute Gasteiger partial charge is 0.353 e. The van der Waals surface area contributed by atoms with Gasteiger partial charge in [0.05, 0.1) is 0 Å². The molecule has 1 aliphatic carbocycles. The molecule has 2 saturated heterocycles. The number of hydrogen-bond acceptors (Lipinski definition) is 4. The minimum atomic E-state index is 0.149. The molecular weight excluding hydrogens is 412 g/mol. The normalized spacial score (nSPS) is 21.8. The molecule has 1 aromatic carbocycles. The molecule has 1 aromatic heterocycles. The third-order valence-corrected chi connectivity index (χ3v) is 7.86. The molecule has 2 aliphatic heterocycles. The summed E-state index contributed by atoms with van der Waals surface area (Å²) in [6.45, 7) is 4.84. The number of hydrogen-bond donors (Lipinski definition) is 0. The molecule has 3 aliphatic rings. The maximum Gasteiger partial charge on any atom is 0.226 e. The summed E-state index contributed by atoms with van der Waals surface area (Å²) < 4.78 is 0. The lowest BCUT2D eigenvalue weighted by Gasteiger charge is -2.37. The molecule has 5 rings (SSSR count). The number of piperazine rings is 1. The molecule has 2 aromatic rings. The Morgan fingerprint density at radius 1 is 0.879 bits per heavy atom. The lowest BCUT2D eigenvalue weighted by atomic mass is 9.90. The van der Waals surface area contributed by atoms with Gasteiger partial charge in [0, 0.05) is 57.8 Å². The fourth-order valence-corrected chi connectivity index (χ4v) is 5.61. The van der Waals surface area contributed by atoms with Crippen LogP contribution in [-0.4, -0.2) is 65.9 Å². The molecule has 1 atom stereocenters. The Hall–Kier alpha value is -2.89. The molecule has 0 unspecified atom stereocenters. The Labute approximate surface area is 196 Å². The van der Waals surface area contributed by atoms with Gasteiger partial charge in [0.15, 0.2) is 0 Å². The minimum absolute atomic E-state index is 0.149. The van der Waals surface area contributed by atoms with E-state index in [1.54, 1.807) is 0 Å². The minimum Gasteiger partial charge on any atom is -0.353 e. The summed E-state index contributed by atoms with van der Waals surface area (Å²) in [5.41, 5.74) is 1.44. The highest BCUT2D eigenvalue weighted by Crippen LogP contribution is 2.60.